The highest BCUT2D eigenvalue weighted by atomic mass is 16.1. The number of aromatic nitrogens is 1. The maximum absolute atomic E-state index is 10.4. The molecule has 14 heavy (non-hydrogen) atoms. The van der Waals surface area contributed by atoms with E-state index in [9.17, 15) is 4.79 Å². The van der Waals surface area contributed by atoms with E-state index in [0.717, 1.165) is 0 Å². The molecule has 0 atom stereocenters. The van der Waals surface area contributed by atoms with Crippen LogP contribution in [0.5, 0.6) is 0 Å². The van der Waals surface area contributed by atoms with Crippen molar-refractivity contribution in [2.75, 3.05) is 6.54 Å². The third-order valence-corrected chi connectivity index (χ3v) is 1.45. The lowest BCUT2D eigenvalue weighted by atomic mass is 10.3. The Kier molecular flexibility index (Phi) is 3.91. The molecule has 0 aromatic carbocycles. The number of nitrogens with zero attached hydrogens (tertiary/aromatic N) is 4. The summed E-state index contributed by atoms with van der Waals surface area (Å²) in [5.74, 6) is 0. The van der Waals surface area contributed by atoms with E-state index in [1.165, 1.54) is 0 Å². The predicted molar refractivity (Wildman–Crippen MR) is 52.7 cm³/mol. The lowest BCUT2D eigenvalue weighted by Crippen LogP contribution is -1.88. The van der Waals surface area contributed by atoms with E-state index in [-0.39, 0.29) is 6.54 Å². The summed E-state index contributed by atoms with van der Waals surface area (Å²) in [7, 11) is 0. The van der Waals surface area contributed by atoms with Gasteiger partial charge < -0.3 is 0 Å². The zero-order valence-corrected chi connectivity index (χ0v) is 7.37. The van der Waals surface area contributed by atoms with E-state index in [2.05, 4.69) is 15.0 Å². The van der Waals surface area contributed by atoms with Gasteiger partial charge in [0.25, 0.3) is 0 Å². The maximum atomic E-state index is 10.4. The van der Waals surface area contributed by atoms with Crippen LogP contribution in [0.2, 0.25) is 0 Å². The van der Waals surface area contributed by atoms with E-state index in [1.807, 2.05) is 0 Å². The fourth-order valence-corrected chi connectivity index (χ4v) is 0.884. The van der Waals surface area contributed by atoms with Gasteiger partial charge in [-0.3, -0.25) is 4.79 Å². The molecule has 0 fully saturated rings. The quantitative estimate of drug-likeness (QED) is 0.314. The van der Waals surface area contributed by atoms with Crippen LogP contribution in [0.15, 0.2) is 29.4 Å². The van der Waals surface area contributed by atoms with Crippen LogP contribution in [0.25, 0.3) is 16.5 Å². The Morgan fingerprint density at radius 3 is 3.00 bits per heavy atom. The van der Waals surface area contributed by atoms with Crippen LogP contribution < -0.4 is 0 Å². The van der Waals surface area contributed by atoms with Gasteiger partial charge in [-0.15, -0.1) is 0 Å². The second-order valence-corrected chi connectivity index (χ2v) is 2.42. The molecule has 0 radical (unpaired) electrons. The van der Waals surface area contributed by atoms with Crippen LogP contribution in [0.4, 0.5) is 0 Å². The Hall–Kier alpha value is -2.13. The highest BCUT2D eigenvalue weighted by Crippen LogP contribution is 1.99. The second-order valence-electron chi connectivity index (χ2n) is 2.42. The molecule has 5 nitrogen and oxygen atoms in total. The first-order valence-electron chi connectivity index (χ1n) is 3.96. The molecule has 70 valence electrons. The fourth-order valence-electron chi connectivity index (χ4n) is 0.884. The predicted octanol–water partition coefficient (Wildman–Crippen LogP) is 2.22. The first-order valence-corrected chi connectivity index (χ1v) is 3.96. The van der Waals surface area contributed by atoms with Gasteiger partial charge in [0.05, 0.1) is 5.69 Å². The Labute approximate surface area is 80.7 Å². The van der Waals surface area contributed by atoms with E-state index >= 15 is 0 Å². The average molecular weight is 188 g/mol. The third-order valence-electron chi connectivity index (χ3n) is 1.45. The molecule has 0 aliphatic carbocycles. The number of azide groups is 1. The molecule has 0 aliphatic heterocycles. The van der Waals surface area contributed by atoms with Gasteiger partial charge in [0, 0.05) is 11.5 Å². The molecule has 1 aromatic heterocycles. The van der Waals surface area contributed by atoms with Crippen molar-refractivity contribution >= 4 is 12.4 Å². The van der Waals surface area contributed by atoms with E-state index < -0.39 is 0 Å². The average Bonchev–Trinajstić information content (AvgIpc) is 2.25. The topological polar surface area (TPSA) is 78.7 Å². The van der Waals surface area contributed by atoms with Crippen LogP contribution in [-0.2, 0) is 0 Å². The van der Waals surface area contributed by atoms with Crippen molar-refractivity contribution in [1.82, 2.24) is 4.98 Å². The molecular formula is C9H8N4O. The summed E-state index contributed by atoms with van der Waals surface area (Å²) >= 11 is 0. The Morgan fingerprint density at radius 2 is 2.29 bits per heavy atom. The molecule has 0 saturated heterocycles. The zero-order chi connectivity index (χ0) is 10.2. The van der Waals surface area contributed by atoms with Crippen LogP contribution in [0.3, 0.4) is 0 Å². The van der Waals surface area contributed by atoms with Gasteiger partial charge in [-0.25, -0.2) is 4.98 Å². The summed E-state index contributed by atoms with van der Waals surface area (Å²) in [6.07, 6.45) is 4.06. The second kappa shape index (κ2) is 5.50. The molecular weight excluding hydrogens is 180 g/mol. The first-order chi connectivity index (χ1) is 6.86. The lowest BCUT2D eigenvalue weighted by Gasteiger charge is -1.92. The summed E-state index contributed by atoms with van der Waals surface area (Å²) in [6, 6.07) is 5.13. The minimum Gasteiger partial charge on any atom is -0.296 e. The van der Waals surface area contributed by atoms with Gasteiger partial charge in [-0.2, -0.15) is 0 Å². The normalized spacial score (nSPS) is 9.71. The zero-order valence-electron chi connectivity index (χ0n) is 7.37. The van der Waals surface area contributed by atoms with Crippen molar-refractivity contribution in [3.05, 3.63) is 46.1 Å². The highest BCUT2D eigenvalue weighted by Gasteiger charge is 1.91. The van der Waals surface area contributed by atoms with Crippen molar-refractivity contribution in [2.45, 2.75) is 0 Å². The summed E-state index contributed by atoms with van der Waals surface area (Å²) in [4.78, 5) is 17.0. The molecule has 1 rings (SSSR count). The fraction of sp³-hybridized carbons (Fsp3) is 0.111. The Balaban J connectivity index is 2.70. The van der Waals surface area contributed by atoms with Crippen molar-refractivity contribution in [1.29, 1.82) is 0 Å². The number of carbonyl (C=O) groups is 1. The minimum absolute atomic E-state index is 0.281. The van der Waals surface area contributed by atoms with Gasteiger partial charge in [0.1, 0.15) is 5.69 Å². The molecule has 0 bridgehead atoms. The molecule has 0 spiro atoms. The number of hydrogen-bond donors (Lipinski definition) is 0. The van der Waals surface area contributed by atoms with Gasteiger partial charge in [-0.1, -0.05) is 17.3 Å². The molecule has 1 heterocycles. The van der Waals surface area contributed by atoms with Crippen molar-refractivity contribution < 1.29 is 4.79 Å². The Morgan fingerprint density at radius 1 is 1.50 bits per heavy atom. The van der Waals surface area contributed by atoms with Crippen molar-refractivity contribution in [3.8, 4) is 0 Å². The van der Waals surface area contributed by atoms with Crippen LogP contribution in [0, 0.1) is 0 Å². The van der Waals surface area contributed by atoms with Gasteiger partial charge in [0.2, 0.25) is 0 Å². The number of rotatable bonds is 4. The molecule has 0 amide bonds. The molecule has 0 N–H and O–H groups in total. The highest BCUT2D eigenvalue weighted by molar-refractivity contribution is 5.72. The van der Waals surface area contributed by atoms with E-state index in [0.29, 0.717) is 17.7 Å². The molecule has 0 saturated carbocycles. The van der Waals surface area contributed by atoms with E-state index in [4.69, 9.17) is 5.53 Å². The SMILES string of the molecule is [N-]=[N+]=NCC=Cc1cccc(C=O)n1. The van der Waals surface area contributed by atoms with Crippen LogP contribution in [0.1, 0.15) is 16.2 Å². The molecule has 5 heteroatoms. The van der Waals surface area contributed by atoms with Gasteiger partial charge in [0.15, 0.2) is 6.29 Å². The number of aldehydes is 1. The summed E-state index contributed by atoms with van der Waals surface area (Å²) in [6.45, 7) is 0.281. The van der Waals surface area contributed by atoms with Gasteiger partial charge >= 0.3 is 0 Å². The van der Waals surface area contributed by atoms with Gasteiger partial charge in [-0.05, 0) is 23.7 Å². The largest absolute Gasteiger partial charge is 0.296 e. The molecule has 0 unspecified atom stereocenters. The van der Waals surface area contributed by atoms with Crippen molar-refractivity contribution in [2.24, 2.45) is 5.11 Å². The monoisotopic (exact) mass is 188 g/mol. The first kappa shape index (κ1) is 9.95. The van der Waals surface area contributed by atoms with Crippen molar-refractivity contribution in [3.63, 3.8) is 0 Å². The lowest BCUT2D eigenvalue weighted by molar-refractivity contribution is 0.111. The smallest absolute Gasteiger partial charge is 0.168 e. The Bertz CT molecular complexity index is 394. The van der Waals surface area contributed by atoms with Crippen LogP contribution in [-0.4, -0.2) is 17.8 Å². The standard InChI is InChI=1S/C9H8N4O/c10-13-11-6-2-5-8-3-1-4-9(7-14)12-8/h1-5,7H,6H2. The number of carbonyl (C=O) groups excluding carboxylic acids is 1. The summed E-state index contributed by atoms with van der Waals surface area (Å²) in [5, 5.41) is 3.33. The third kappa shape index (κ3) is 3.08. The van der Waals surface area contributed by atoms with E-state index in [1.54, 1.807) is 30.4 Å². The summed E-state index contributed by atoms with van der Waals surface area (Å²) in [5.41, 5.74) is 9.06. The molecule has 1 aromatic rings. The van der Waals surface area contributed by atoms with Crippen LogP contribution >= 0.6 is 0 Å². The number of pyridine rings is 1. The molecule has 0 aliphatic rings. The summed E-state index contributed by atoms with van der Waals surface area (Å²) < 4.78 is 0. The minimum atomic E-state index is 0.281. The maximum Gasteiger partial charge on any atom is 0.168 e. The number of hydrogen-bond acceptors (Lipinski definition) is 3.